The highest BCUT2D eigenvalue weighted by atomic mass is 16.5. The lowest BCUT2D eigenvalue weighted by molar-refractivity contribution is -0.129. The molecule has 2 N–H and O–H groups in total. The van der Waals surface area contributed by atoms with Gasteiger partial charge in [0.1, 0.15) is 11.9 Å². The van der Waals surface area contributed by atoms with Gasteiger partial charge in [0.05, 0.1) is 0 Å². The molecule has 3 rings (SSSR count). The molecule has 2 aromatic rings. The van der Waals surface area contributed by atoms with Gasteiger partial charge in [-0.2, -0.15) is 0 Å². The Bertz CT molecular complexity index is 657. The van der Waals surface area contributed by atoms with Gasteiger partial charge in [-0.05, 0) is 43.0 Å². The Balaban J connectivity index is 1.65. The van der Waals surface area contributed by atoms with Crippen LogP contribution in [0.1, 0.15) is 18.4 Å². The van der Waals surface area contributed by atoms with Gasteiger partial charge in [0.2, 0.25) is 5.91 Å². The van der Waals surface area contributed by atoms with Crippen LogP contribution in [0.5, 0.6) is 5.75 Å². The molecule has 0 spiro atoms. The van der Waals surface area contributed by atoms with E-state index in [9.17, 15) is 9.90 Å². The van der Waals surface area contributed by atoms with Gasteiger partial charge < -0.3 is 19.7 Å². The summed E-state index contributed by atoms with van der Waals surface area (Å²) in [6, 6.07) is 5.36. The number of phenolic OH excluding ortho intramolecular Hbond substituents is 1. The fourth-order valence-electron chi connectivity index (χ4n) is 2.88. The van der Waals surface area contributed by atoms with Crippen LogP contribution < -0.4 is 5.32 Å². The molecule has 0 bridgehead atoms. The first kappa shape index (κ1) is 13.9. The van der Waals surface area contributed by atoms with Crippen LogP contribution in [0.2, 0.25) is 0 Å². The third-order valence-electron chi connectivity index (χ3n) is 3.97. The zero-order valence-corrected chi connectivity index (χ0v) is 12.1. The van der Waals surface area contributed by atoms with Gasteiger partial charge in [0.15, 0.2) is 0 Å². The lowest BCUT2D eigenvalue weighted by atomic mass is 10.1. The maximum Gasteiger partial charge on any atom is 0.249 e. The molecule has 1 aromatic heterocycles. The number of nitrogens with zero attached hydrogens (tertiary/aromatic N) is 1. The van der Waals surface area contributed by atoms with Crippen molar-refractivity contribution in [1.29, 1.82) is 0 Å². The number of ether oxygens (including phenoxy) is 1. The van der Waals surface area contributed by atoms with E-state index in [1.54, 1.807) is 12.1 Å². The molecule has 0 radical (unpaired) electrons. The Morgan fingerprint density at radius 2 is 2.38 bits per heavy atom. The largest absolute Gasteiger partial charge is 0.508 e. The number of amides is 1. The Morgan fingerprint density at radius 1 is 1.52 bits per heavy atom. The van der Waals surface area contributed by atoms with Crippen LogP contribution in [-0.2, 0) is 23.0 Å². The van der Waals surface area contributed by atoms with Gasteiger partial charge in [-0.15, -0.1) is 0 Å². The normalized spacial score (nSPS) is 18.2. The third kappa shape index (κ3) is 2.88. The number of aryl methyl sites for hydroxylation is 1. The third-order valence-corrected chi connectivity index (χ3v) is 3.97. The number of aromatic hydroxyl groups is 1. The monoisotopic (exact) mass is 288 g/mol. The highest BCUT2D eigenvalue weighted by molar-refractivity contribution is 5.85. The first-order valence-corrected chi connectivity index (χ1v) is 7.31. The zero-order chi connectivity index (χ0) is 14.8. The van der Waals surface area contributed by atoms with Crippen LogP contribution in [0.25, 0.3) is 10.9 Å². The molecule has 1 atom stereocenters. The minimum atomic E-state index is -0.276. The van der Waals surface area contributed by atoms with E-state index >= 15 is 0 Å². The van der Waals surface area contributed by atoms with Gasteiger partial charge in [-0.1, -0.05) is 0 Å². The first-order valence-electron chi connectivity index (χ1n) is 7.31. The number of phenols is 1. The molecule has 5 nitrogen and oxygen atoms in total. The van der Waals surface area contributed by atoms with Crippen molar-refractivity contribution in [3.05, 3.63) is 30.0 Å². The summed E-state index contributed by atoms with van der Waals surface area (Å²) in [5.74, 6) is 0.244. The number of benzene rings is 1. The van der Waals surface area contributed by atoms with Gasteiger partial charge >= 0.3 is 0 Å². The summed E-state index contributed by atoms with van der Waals surface area (Å²) in [7, 11) is 1.98. The van der Waals surface area contributed by atoms with Crippen LogP contribution in [0.15, 0.2) is 24.4 Å². The van der Waals surface area contributed by atoms with E-state index in [0.717, 1.165) is 35.7 Å². The minimum absolute atomic E-state index is 0.0180. The molecular formula is C16H20N2O3. The van der Waals surface area contributed by atoms with E-state index in [4.69, 9.17) is 4.74 Å². The Morgan fingerprint density at radius 3 is 3.14 bits per heavy atom. The topological polar surface area (TPSA) is 63.5 Å². The van der Waals surface area contributed by atoms with E-state index < -0.39 is 0 Å². The van der Waals surface area contributed by atoms with E-state index in [0.29, 0.717) is 13.2 Å². The second kappa shape index (κ2) is 5.77. The Kier molecular flexibility index (Phi) is 3.84. The summed E-state index contributed by atoms with van der Waals surface area (Å²) in [4.78, 5) is 11.9. The number of aromatic nitrogens is 1. The maximum absolute atomic E-state index is 11.9. The maximum atomic E-state index is 11.9. The van der Waals surface area contributed by atoms with Gasteiger partial charge in [0.25, 0.3) is 0 Å². The molecule has 1 aliphatic heterocycles. The van der Waals surface area contributed by atoms with Crippen molar-refractivity contribution < 1.29 is 14.6 Å². The average Bonchev–Trinajstić information content (AvgIpc) is 3.08. The van der Waals surface area contributed by atoms with Gasteiger partial charge in [-0.25, -0.2) is 0 Å². The van der Waals surface area contributed by atoms with Crippen LogP contribution in [0.4, 0.5) is 0 Å². The predicted molar refractivity (Wildman–Crippen MR) is 80.3 cm³/mol. The molecule has 1 aromatic carbocycles. The van der Waals surface area contributed by atoms with Crippen molar-refractivity contribution in [2.24, 2.45) is 7.05 Å². The quantitative estimate of drug-likeness (QED) is 0.900. The van der Waals surface area contributed by atoms with Crippen molar-refractivity contribution in [2.75, 3.05) is 13.2 Å². The molecule has 2 heterocycles. The number of hydrogen-bond donors (Lipinski definition) is 2. The van der Waals surface area contributed by atoms with Crippen LogP contribution >= 0.6 is 0 Å². The molecule has 0 aliphatic carbocycles. The predicted octanol–water partition coefficient (Wildman–Crippen LogP) is 1.72. The van der Waals surface area contributed by atoms with Crippen molar-refractivity contribution in [3.8, 4) is 5.75 Å². The SMILES string of the molecule is Cn1cc(CCNC(=O)C2CCCO2)c2cc(O)ccc21. The summed E-state index contributed by atoms with van der Waals surface area (Å²) in [5, 5.41) is 13.6. The summed E-state index contributed by atoms with van der Waals surface area (Å²) in [5.41, 5.74) is 2.20. The fraction of sp³-hybridized carbons (Fsp3) is 0.438. The van der Waals surface area contributed by atoms with Crippen LogP contribution in [0.3, 0.4) is 0 Å². The lowest BCUT2D eigenvalue weighted by Gasteiger charge is -2.09. The number of nitrogens with one attached hydrogen (secondary N) is 1. The molecule has 112 valence electrons. The molecule has 21 heavy (non-hydrogen) atoms. The standard InChI is InChI=1S/C16H20N2O3/c1-18-10-11(13-9-12(19)4-5-14(13)18)6-7-17-16(20)15-3-2-8-21-15/h4-5,9-10,15,19H,2-3,6-8H2,1H3,(H,17,20). The molecule has 1 unspecified atom stereocenters. The number of carbonyl (C=O) groups excluding carboxylic acids is 1. The summed E-state index contributed by atoms with van der Waals surface area (Å²) in [6.45, 7) is 1.26. The highest BCUT2D eigenvalue weighted by Gasteiger charge is 2.22. The van der Waals surface area contributed by atoms with Crippen LogP contribution in [0, 0.1) is 0 Å². The molecule has 1 saturated heterocycles. The van der Waals surface area contributed by atoms with Gasteiger partial charge in [0, 0.05) is 37.3 Å². The molecule has 0 saturated carbocycles. The molecule has 1 aliphatic rings. The van der Waals surface area contributed by atoms with Gasteiger partial charge in [-0.3, -0.25) is 4.79 Å². The van der Waals surface area contributed by atoms with Crippen LogP contribution in [-0.4, -0.2) is 34.8 Å². The van der Waals surface area contributed by atoms with E-state index in [2.05, 4.69) is 5.32 Å². The first-order chi connectivity index (χ1) is 10.1. The van der Waals surface area contributed by atoms with E-state index in [-0.39, 0.29) is 17.8 Å². The molecule has 1 amide bonds. The number of carbonyl (C=O) groups is 1. The highest BCUT2D eigenvalue weighted by Crippen LogP contribution is 2.25. The summed E-state index contributed by atoms with van der Waals surface area (Å²) < 4.78 is 7.39. The molecule has 5 heteroatoms. The fourth-order valence-corrected chi connectivity index (χ4v) is 2.88. The smallest absolute Gasteiger partial charge is 0.249 e. The van der Waals surface area contributed by atoms with Crippen molar-refractivity contribution >= 4 is 16.8 Å². The number of fused-ring (bicyclic) bond motifs is 1. The minimum Gasteiger partial charge on any atom is -0.508 e. The summed E-state index contributed by atoms with van der Waals surface area (Å²) in [6.07, 6.45) is 4.28. The second-order valence-corrected chi connectivity index (χ2v) is 5.51. The van der Waals surface area contributed by atoms with E-state index in [1.807, 2.05) is 23.9 Å². The zero-order valence-electron chi connectivity index (χ0n) is 12.1. The Hall–Kier alpha value is -2.01. The number of rotatable bonds is 4. The lowest BCUT2D eigenvalue weighted by Crippen LogP contribution is -2.35. The van der Waals surface area contributed by atoms with Crippen molar-refractivity contribution in [2.45, 2.75) is 25.4 Å². The number of hydrogen-bond acceptors (Lipinski definition) is 3. The van der Waals surface area contributed by atoms with Crippen molar-refractivity contribution in [3.63, 3.8) is 0 Å². The second-order valence-electron chi connectivity index (χ2n) is 5.51. The van der Waals surface area contributed by atoms with E-state index in [1.165, 1.54) is 0 Å². The van der Waals surface area contributed by atoms with Crippen molar-refractivity contribution in [1.82, 2.24) is 9.88 Å². The molecule has 1 fully saturated rings. The summed E-state index contributed by atoms with van der Waals surface area (Å²) >= 11 is 0. The Labute approximate surface area is 123 Å². The molecular weight excluding hydrogens is 268 g/mol. The average molecular weight is 288 g/mol.